The second-order valence-corrected chi connectivity index (χ2v) is 6.73. The fraction of sp³-hybridized carbons (Fsp3) is 0.333. The second-order valence-electron chi connectivity index (χ2n) is 6.73. The first-order valence-corrected chi connectivity index (χ1v) is 9.31. The number of hydrogen-bond donors (Lipinski definition) is 1. The maximum atomic E-state index is 13.3. The highest BCUT2D eigenvalue weighted by Crippen LogP contribution is 2.21. The molecule has 0 fully saturated rings. The smallest absolute Gasteiger partial charge is 0.256 e. The minimum absolute atomic E-state index is 0. The largest absolute Gasteiger partial charge is 0.467 e. The lowest BCUT2D eigenvalue weighted by atomic mass is 10.1. The van der Waals surface area contributed by atoms with E-state index in [9.17, 15) is 9.18 Å². The summed E-state index contributed by atoms with van der Waals surface area (Å²) in [5.41, 5.74) is 7.35. The van der Waals surface area contributed by atoms with Gasteiger partial charge in [-0.1, -0.05) is 23.7 Å². The number of benzene rings is 1. The molecule has 0 saturated carbocycles. The molecule has 0 bridgehead atoms. The molecule has 8 heteroatoms. The number of nitrogens with two attached hydrogens (primary N) is 1. The van der Waals surface area contributed by atoms with E-state index >= 15 is 0 Å². The van der Waals surface area contributed by atoms with E-state index in [1.54, 1.807) is 30.1 Å². The quantitative estimate of drug-likeness (QED) is 0.516. The van der Waals surface area contributed by atoms with E-state index in [-0.39, 0.29) is 30.7 Å². The lowest BCUT2D eigenvalue weighted by Crippen LogP contribution is -2.27. The van der Waals surface area contributed by atoms with Crippen molar-refractivity contribution in [2.45, 2.75) is 32.2 Å². The molecule has 0 aliphatic heterocycles. The van der Waals surface area contributed by atoms with Crippen molar-refractivity contribution in [2.24, 2.45) is 5.73 Å². The summed E-state index contributed by atoms with van der Waals surface area (Å²) in [7, 11) is 1.78. The summed E-state index contributed by atoms with van der Waals surface area (Å²) in [4.78, 5) is 14.0. The van der Waals surface area contributed by atoms with Crippen LogP contribution in [0.4, 0.5) is 4.39 Å². The zero-order valence-corrected chi connectivity index (χ0v) is 17.1. The predicted octanol–water partition coefficient (Wildman–Crippen LogP) is 4.44. The second kappa shape index (κ2) is 10.8. The van der Waals surface area contributed by atoms with Gasteiger partial charge in [0, 0.05) is 31.6 Å². The summed E-state index contributed by atoms with van der Waals surface area (Å²) in [6.45, 7) is 0.937. The molecule has 1 amide bonds. The third-order valence-corrected chi connectivity index (χ3v) is 4.54. The summed E-state index contributed by atoms with van der Waals surface area (Å²) in [5.74, 6) is 1.01. The summed E-state index contributed by atoms with van der Waals surface area (Å²) in [6.07, 6.45) is 4.95. The van der Waals surface area contributed by atoms with E-state index in [4.69, 9.17) is 14.7 Å². The third-order valence-electron chi connectivity index (χ3n) is 4.54. The van der Waals surface area contributed by atoms with Crippen LogP contribution in [0.15, 0.2) is 51.6 Å². The molecule has 0 aliphatic rings. The number of carbonyl (C=O) groups is 1. The van der Waals surface area contributed by atoms with Crippen molar-refractivity contribution in [1.29, 1.82) is 0 Å². The SMILES string of the molecule is CN(CCCCCc1cc(-c2cccc(F)c2)no1)C(=O)c1coc(CN)c1.Cl. The third kappa shape index (κ3) is 6.17. The van der Waals surface area contributed by atoms with Crippen LogP contribution in [0.3, 0.4) is 0 Å². The number of unbranched alkanes of at least 4 members (excludes halogenated alkanes) is 2. The van der Waals surface area contributed by atoms with Crippen LogP contribution in [0.2, 0.25) is 0 Å². The molecule has 2 heterocycles. The van der Waals surface area contributed by atoms with Crippen LogP contribution >= 0.6 is 12.4 Å². The number of aryl methyl sites for hydroxylation is 1. The van der Waals surface area contributed by atoms with Gasteiger partial charge < -0.3 is 19.6 Å². The van der Waals surface area contributed by atoms with Crippen LogP contribution in [0.1, 0.15) is 41.1 Å². The molecule has 0 aliphatic carbocycles. The summed E-state index contributed by atoms with van der Waals surface area (Å²) >= 11 is 0. The molecular weight excluding hydrogens is 397 g/mol. The Bertz CT molecular complexity index is 925. The van der Waals surface area contributed by atoms with E-state index in [0.717, 1.165) is 31.4 Å². The van der Waals surface area contributed by atoms with Crippen molar-refractivity contribution in [1.82, 2.24) is 10.1 Å². The standard InChI is InChI=1S/C21H24FN3O3.ClH/c1-25(21(26)16-11-19(13-23)27-14-16)9-4-2-3-8-18-12-20(24-28-18)15-6-5-7-17(22)10-15;/h5-7,10-12,14H,2-4,8-9,13,23H2,1H3;1H. The first-order chi connectivity index (χ1) is 13.6. The molecule has 0 radical (unpaired) electrons. The normalized spacial score (nSPS) is 10.6. The fourth-order valence-corrected chi connectivity index (χ4v) is 2.96. The maximum absolute atomic E-state index is 13.3. The molecular formula is C21H25ClFN3O3. The van der Waals surface area contributed by atoms with E-state index < -0.39 is 0 Å². The Morgan fingerprint density at radius 2 is 2.00 bits per heavy atom. The first-order valence-electron chi connectivity index (χ1n) is 9.31. The Balaban J connectivity index is 0.00000300. The average Bonchev–Trinajstić information content (AvgIpc) is 3.36. The van der Waals surface area contributed by atoms with E-state index in [1.807, 2.05) is 6.07 Å². The lowest BCUT2D eigenvalue weighted by Gasteiger charge is -2.15. The molecule has 2 N–H and O–H groups in total. The minimum Gasteiger partial charge on any atom is -0.467 e. The molecule has 0 unspecified atom stereocenters. The number of amides is 1. The van der Waals surface area contributed by atoms with Crippen molar-refractivity contribution < 1.29 is 18.1 Å². The van der Waals surface area contributed by atoms with Gasteiger partial charge in [0.2, 0.25) is 0 Å². The molecule has 156 valence electrons. The van der Waals surface area contributed by atoms with Gasteiger partial charge in [0.15, 0.2) is 0 Å². The molecule has 3 rings (SSSR count). The van der Waals surface area contributed by atoms with Crippen LogP contribution in [0, 0.1) is 5.82 Å². The van der Waals surface area contributed by atoms with Gasteiger partial charge >= 0.3 is 0 Å². The van der Waals surface area contributed by atoms with Crippen molar-refractivity contribution >= 4 is 18.3 Å². The van der Waals surface area contributed by atoms with Crippen LogP contribution in [0.5, 0.6) is 0 Å². The Morgan fingerprint density at radius 1 is 1.17 bits per heavy atom. The van der Waals surface area contributed by atoms with Gasteiger partial charge in [-0.2, -0.15) is 0 Å². The number of rotatable bonds is 9. The maximum Gasteiger partial charge on any atom is 0.256 e. The summed E-state index contributed by atoms with van der Waals surface area (Å²) in [6, 6.07) is 9.81. The molecule has 3 aromatic rings. The number of aromatic nitrogens is 1. The lowest BCUT2D eigenvalue weighted by molar-refractivity contribution is 0.0792. The summed E-state index contributed by atoms with van der Waals surface area (Å²) in [5, 5.41) is 4.01. The Kier molecular flexibility index (Phi) is 8.42. The Hall–Kier alpha value is -2.64. The number of halogens is 2. The van der Waals surface area contributed by atoms with Crippen LogP contribution < -0.4 is 5.73 Å². The highest BCUT2D eigenvalue weighted by molar-refractivity contribution is 5.93. The highest BCUT2D eigenvalue weighted by Gasteiger charge is 2.14. The van der Waals surface area contributed by atoms with Crippen LogP contribution in [0.25, 0.3) is 11.3 Å². The van der Waals surface area contributed by atoms with Gasteiger partial charge in [-0.15, -0.1) is 12.4 Å². The van der Waals surface area contributed by atoms with Gasteiger partial charge in [0.05, 0.1) is 12.1 Å². The van der Waals surface area contributed by atoms with Gasteiger partial charge in [-0.05, 0) is 31.0 Å². The monoisotopic (exact) mass is 421 g/mol. The zero-order valence-electron chi connectivity index (χ0n) is 16.3. The molecule has 2 aromatic heterocycles. The molecule has 29 heavy (non-hydrogen) atoms. The highest BCUT2D eigenvalue weighted by atomic mass is 35.5. The first kappa shape index (κ1) is 22.6. The summed E-state index contributed by atoms with van der Waals surface area (Å²) < 4.78 is 23.8. The van der Waals surface area contributed by atoms with Crippen LogP contribution in [-0.4, -0.2) is 29.6 Å². The topological polar surface area (TPSA) is 85.5 Å². The molecule has 0 spiro atoms. The molecule has 0 saturated heterocycles. The number of hydrogen-bond acceptors (Lipinski definition) is 5. The van der Waals surface area contributed by atoms with Crippen molar-refractivity contribution in [3.05, 3.63) is 65.6 Å². The predicted molar refractivity (Wildman–Crippen MR) is 110 cm³/mol. The molecule has 1 aromatic carbocycles. The number of carbonyl (C=O) groups excluding carboxylic acids is 1. The van der Waals surface area contributed by atoms with Gasteiger partial charge in [-0.3, -0.25) is 4.79 Å². The Morgan fingerprint density at radius 3 is 2.72 bits per heavy atom. The van der Waals surface area contributed by atoms with Crippen molar-refractivity contribution in [3.8, 4) is 11.3 Å². The number of nitrogens with zero attached hydrogens (tertiary/aromatic N) is 2. The molecule has 6 nitrogen and oxygen atoms in total. The minimum atomic E-state index is -0.296. The fourth-order valence-electron chi connectivity index (χ4n) is 2.96. The molecule has 0 atom stereocenters. The average molecular weight is 422 g/mol. The van der Waals surface area contributed by atoms with Gasteiger partial charge in [-0.25, -0.2) is 4.39 Å². The van der Waals surface area contributed by atoms with E-state index in [2.05, 4.69) is 5.16 Å². The van der Waals surface area contributed by atoms with E-state index in [1.165, 1.54) is 18.4 Å². The van der Waals surface area contributed by atoms with Crippen molar-refractivity contribution in [3.63, 3.8) is 0 Å². The zero-order chi connectivity index (χ0) is 19.9. The Labute approximate surface area is 175 Å². The van der Waals surface area contributed by atoms with Crippen molar-refractivity contribution in [2.75, 3.05) is 13.6 Å². The van der Waals surface area contributed by atoms with Crippen LogP contribution in [-0.2, 0) is 13.0 Å². The number of furan rings is 1. The van der Waals surface area contributed by atoms with Gasteiger partial charge in [0.25, 0.3) is 5.91 Å². The van der Waals surface area contributed by atoms with E-state index in [0.29, 0.717) is 29.1 Å². The van der Waals surface area contributed by atoms with Gasteiger partial charge in [0.1, 0.15) is 29.3 Å².